The molecule has 1 atom stereocenters. The van der Waals surface area contributed by atoms with Crippen molar-refractivity contribution < 1.29 is 19.0 Å². The Hall–Kier alpha value is -2.35. The summed E-state index contributed by atoms with van der Waals surface area (Å²) in [5.74, 6) is 1.41. The molecule has 1 aromatic heterocycles. The Bertz CT molecular complexity index is 1030. The largest absolute Gasteiger partial charge is 0.486 e. The van der Waals surface area contributed by atoms with E-state index < -0.39 is 6.10 Å². The van der Waals surface area contributed by atoms with Gasteiger partial charge in [0.25, 0.3) is 0 Å². The monoisotopic (exact) mass is 428 g/mol. The molecule has 7 heteroatoms. The van der Waals surface area contributed by atoms with Crippen molar-refractivity contribution in [2.45, 2.75) is 12.5 Å². The van der Waals surface area contributed by atoms with Gasteiger partial charge in [0.1, 0.15) is 19.0 Å². The molecule has 3 heterocycles. The first-order valence-electron chi connectivity index (χ1n) is 10.4. The van der Waals surface area contributed by atoms with Crippen molar-refractivity contribution in [3.05, 3.63) is 53.2 Å². The maximum atomic E-state index is 13.6. The van der Waals surface area contributed by atoms with Gasteiger partial charge in [-0.1, -0.05) is 6.07 Å². The van der Waals surface area contributed by atoms with E-state index in [2.05, 4.69) is 15.9 Å². The maximum absolute atomic E-state index is 13.6. The number of halogens is 1. The fourth-order valence-corrected chi connectivity index (χ4v) is 5.25. The zero-order chi connectivity index (χ0) is 20.5. The van der Waals surface area contributed by atoms with Crippen molar-refractivity contribution in [3.8, 4) is 11.5 Å². The van der Waals surface area contributed by atoms with Crippen LogP contribution in [0.1, 0.15) is 18.1 Å². The highest BCUT2D eigenvalue weighted by molar-refractivity contribution is 7.17. The third-order valence-electron chi connectivity index (χ3n) is 5.90. The molecule has 30 heavy (non-hydrogen) atoms. The lowest BCUT2D eigenvalue weighted by Gasteiger charge is -2.37. The standard InChI is InChI=1S/C23H25FN2O3S/c24-16-4-5-22-17(14-16)18(15-30-22)20(27)6-7-25-8-10-26(11-9-25)19-2-1-3-21-23(19)29-13-12-28-21/h1-5,14-15,20,27H,6-13H2. The molecule has 0 spiro atoms. The molecule has 0 aliphatic carbocycles. The van der Waals surface area contributed by atoms with Crippen LogP contribution in [-0.4, -0.2) is 55.9 Å². The van der Waals surface area contributed by atoms with Crippen LogP contribution in [0.15, 0.2) is 41.8 Å². The SMILES string of the molecule is OC(CCN1CCN(c2cccc3c2OCCO3)CC1)c1csc2ccc(F)cc12. The van der Waals surface area contributed by atoms with E-state index >= 15 is 0 Å². The molecule has 5 nitrogen and oxygen atoms in total. The number of ether oxygens (including phenoxy) is 2. The summed E-state index contributed by atoms with van der Waals surface area (Å²) in [4.78, 5) is 4.72. The Morgan fingerprint density at radius 1 is 1.07 bits per heavy atom. The molecule has 0 saturated carbocycles. The number of aliphatic hydroxyl groups excluding tert-OH is 1. The number of anilines is 1. The lowest BCUT2D eigenvalue weighted by molar-refractivity contribution is 0.140. The highest BCUT2D eigenvalue weighted by Gasteiger charge is 2.24. The van der Waals surface area contributed by atoms with Crippen LogP contribution in [0.4, 0.5) is 10.1 Å². The number of hydrogen-bond acceptors (Lipinski definition) is 6. The van der Waals surface area contributed by atoms with Gasteiger partial charge >= 0.3 is 0 Å². The van der Waals surface area contributed by atoms with Crippen LogP contribution in [0, 0.1) is 5.82 Å². The summed E-state index contributed by atoms with van der Waals surface area (Å²) in [5.41, 5.74) is 1.93. The highest BCUT2D eigenvalue weighted by Crippen LogP contribution is 2.40. The normalized spacial score (nSPS) is 18.0. The summed E-state index contributed by atoms with van der Waals surface area (Å²) in [6, 6.07) is 10.8. The number of benzene rings is 2. The zero-order valence-electron chi connectivity index (χ0n) is 16.7. The molecule has 3 aromatic rings. The molecule has 1 unspecified atom stereocenters. The van der Waals surface area contributed by atoms with Crippen LogP contribution in [0.2, 0.25) is 0 Å². The predicted octanol–water partition coefficient (Wildman–Crippen LogP) is 4.06. The summed E-state index contributed by atoms with van der Waals surface area (Å²) in [6.07, 6.45) is 0.0605. The zero-order valence-corrected chi connectivity index (χ0v) is 17.5. The third-order valence-corrected chi connectivity index (χ3v) is 6.88. The van der Waals surface area contributed by atoms with Crippen molar-refractivity contribution in [3.63, 3.8) is 0 Å². The Morgan fingerprint density at radius 3 is 2.77 bits per heavy atom. The smallest absolute Gasteiger partial charge is 0.184 e. The van der Waals surface area contributed by atoms with E-state index in [9.17, 15) is 9.50 Å². The van der Waals surface area contributed by atoms with Crippen molar-refractivity contribution in [2.75, 3.05) is 50.8 Å². The van der Waals surface area contributed by atoms with E-state index in [0.717, 1.165) is 65.6 Å². The van der Waals surface area contributed by atoms with Crippen LogP contribution >= 0.6 is 11.3 Å². The van der Waals surface area contributed by atoms with Gasteiger partial charge in [0.2, 0.25) is 0 Å². The van der Waals surface area contributed by atoms with Gasteiger partial charge in [-0.25, -0.2) is 4.39 Å². The first-order valence-corrected chi connectivity index (χ1v) is 11.3. The number of aliphatic hydroxyl groups is 1. The van der Waals surface area contributed by atoms with E-state index in [-0.39, 0.29) is 5.82 Å². The summed E-state index contributed by atoms with van der Waals surface area (Å²) < 4.78 is 26.2. The second-order valence-electron chi connectivity index (χ2n) is 7.77. The minimum atomic E-state index is -0.578. The lowest BCUT2D eigenvalue weighted by Crippen LogP contribution is -2.47. The van der Waals surface area contributed by atoms with Crippen LogP contribution in [0.25, 0.3) is 10.1 Å². The predicted molar refractivity (Wildman–Crippen MR) is 117 cm³/mol. The minimum Gasteiger partial charge on any atom is -0.486 e. The Morgan fingerprint density at radius 2 is 1.90 bits per heavy atom. The first-order chi connectivity index (χ1) is 14.7. The van der Waals surface area contributed by atoms with Crippen LogP contribution in [0.3, 0.4) is 0 Å². The fourth-order valence-electron chi connectivity index (χ4n) is 4.26. The average molecular weight is 429 g/mol. The number of fused-ring (bicyclic) bond motifs is 2. The molecule has 0 bridgehead atoms. The molecule has 5 rings (SSSR count). The van der Waals surface area contributed by atoms with Gasteiger partial charge in [-0.15, -0.1) is 11.3 Å². The topological polar surface area (TPSA) is 45.2 Å². The number of piperazine rings is 1. The quantitative estimate of drug-likeness (QED) is 0.664. The van der Waals surface area contributed by atoms with Gasteiger partial charge in [-0.05, 0) is 47.7 Å². The molecule has 158 valence electrons. The molecule has 1 saturated heterocycles. The van der Waals surface area contributed by atoms with Gasteiger partial charge < -0.3 is 19.5 Å². The number of rotatable bonds is 5. The summed E-state index contributed by atoms with van der Waals surface area (Å²) in [5, 5.41) is 13.5. The molecular weight excluding hydrogens is 403 g/mol. The van der Waals surface area contributed by atoms with Crippen LogP contribution < -0.4 is 14.4 Å². The average Bonchev–Trinajstić information content (AvgIpc) is 3.20. The van der Waals surface area contributed by atoms with E-state index in [4.69, 9.17) is 9.47 Å². The minimum absolute atomic E-state index is 0.261. The number of nitrogens with zero attached hydrogens (tertiary/aromatic N) is 2. The number of thiophene rings is 1. The molecule has 0 amide bonds. The molecule has 2 aliphatic rings. The second kappa shape index (κ2) is 8.41. The van der Waals surface area contributed by atoms with Crippen molar-refractivity contribution in [2.24, 2.45) is 0 Å². The van der Waals surface area contributed by atoms with Gasteiger partial charge in [-0.3, -0.25) is 4.90 Å². The number of para-hydroxylation sites is 1. The first kappa shape index (κ1) is 19.6. The maximum Gasteiger partial charge on any atom is 0.184 e. The van der Waals surface area contributed by atoms with Gasteiger partial charge in [0, 0.05) is 42.8 Å². The molecule has 1 N–H and O–H groups in total. The number of hydrogen-bond donors (Lipinski definition) is 1. The Labute approximate surface area is 179 Å². The fraction of sp³-hybridized carbons (Fsp3) is 0.391. The van der Waals surface area contributed by atoms with Gasteiger partial charge in [0.15, 0.2) is 11.5 Å². The second-order valence-corrected chi connectivity index (χ2v) is 8.68. The van der Waals surface area contributed by atoms with Gasteiger partial charge in [-0.2, -0.15) is 0 Å². The van der Waals surface area contributed by atoms with Crippen molar-refractivity contribution >= 4 is 27.1 Å². The lowest BCUT2D eigenvalue weighted by atomic mass is 10.0. The van der Waals surface area contributed by atoms with E-state index in [1.165, 1.54) is 12.1 Å². The Kier molecular flexibility index (Phi) is 5.50. The molecule has 0 radical (unpaired) electrons. The molecule has 2 aliphatic heterocycles. The Balaban J connectivity index is 1.18. The van der Waals surface area contributed by atoms with Crippen LogP contribution in [0.5, 0.6) is 11.5 Å². The summed E-state index contributed by atoms with van der Waals surface area (Å²) >= 11 is 1.55. The van der Waals surface area contributed by atoms with Crippen molar-refractivity contribution in [1.29, 1.82) is 0 Å². The molecular formula is C23H25FN2O3S. The van der Waals surface area contributed by atoms with Gasteiger partial charge in [0.05, 0.1) is 11.8 Å². The molecule has 1 fully saturated rings. The highest BCUT2D eigenvalue weighted by atomic mass is 32.1. The van der Waals surface area contributed by atoms with Crippen molar-refractivity contribution in [1.82, 2.24) is 4.90 Å². The third kappa shape index (κ3) is 3.85. The molecule has 2 aromatic carbocycles. The van der Waals surface area contributed by atoms with E-state index in [1.54, 1.807) is 17.4 Å². The summed E-state index contributed by atoms with van der Waals surface area (Å²) in [6.45, 7) is 5.66. The van der Waals surface area contributed by atoms with Crippen LogP contribution in [-0.2, 0) is 0 Å². The van der Waals surface area contributed by atoms with E-state index in [0.29, 0.717) is 19.6 Å². The summed E-state index contributed by atoms with van der Waals surface area (Å²) in [7, 11) is 0. The van der Waals surface area contributed by atoms with E-state index in [1.807, 2.05) is 17.5 Å².